The van der Waals surface area contributed by atoms with Crippen LogP contribution in [-0.2, 0) is 14.3 Å². The largest absolute Gasteiger partial charge is 0.366 e. The van der Waals surface area contributed by atoms with Crippen molar-refractivity contribution in [3.05, 3.63) is 35.3 Å². The van der Waals surface area contributed by atoms with Gasteiger partial charge < -0.3 is 15.0 Å². The fourth-order valence-electron chi connectivity index (χ4n) is 4.92. The average Bonchev–Trinajstić information content (AvgIpc) is 3.59. The molecule has 2 aliphatic heterocycles. The summed E-state index contributed by atoms with van der Waals surface area (Å²) in [4.78, 5) is 41.9. The number of halogens is 1. The van der Waals surface area contributed by atoms with Crippen LogP contribution in [0.3, 0.4) is 0 Å². The second-order valence-corrected chi connectivity index (χ2v) is 10.1. The van der Waals surface area contributed by atoms with Gasteiger partial charge in [-0.2, -0.15) is 5.10 Å². The number of ether oxygens (including phenoxy) is 1. The number of rotatable bonds is 5. The van der Waals surface area contributed by atoms with Gasteiger partial charge in [0, 0.05) is 12.7 Å². The summed E-state index contributed by atoms with van der Waals surface area (Å²) in [6, 6.07) is 5.83. The number of ketones is 1. The van der Waals surface area contributed by atoms with Gasteiger partial charge in [0.1, 0.15) is 30.5 Å². The molecule has 2 aromatic rings. The van der Waals surface area contributed by atoms with E-state index in [-0.39, 0.29) is 36.7 Å². The minimum Gasteiger partial charge on any atom is -0.366 e. The lowest BCUT2D eigenvalue weighted by atomic mass is 9.96. The van der Waals surface area contributed by atoms with Crippen LogP contribution in [0.15, 0.2) is 30.5 Å². The van der Waals surface area contributed by atoms with Crippen molar-refractivity contribution in [2.75, 3.05) is 13.2 Å². The van der Waals surface area contributed by atoms with Gasteiger partial charge in [0.05, 0.1) is 15.1 Å². The highest BCUT2D eigenvalue weighted by Crippen LogP contribution is 2.35. The summed E-state index contributed by atoms with van der Waals surface area (Å²) in [5.41, 5.74) is 0.691. The SMILES string of the molecule is O=C(N[C@H](C(=O)N1C[C@H](Cl)[C@H]2OCC(=O)[C@H]21)C1CCCC1)c1ccc(-c2cccnn2)s1. The number of carbonyl (C=O) groups excluding carboxylic acids is 3. The molecule has 5 rings (SSSR count). The van der Waals surface area contributed by atoms with Crippen LogP contribution in [-0.4, -0.2) is 69.4 Å². The Balaban J connectivity index is 1.36. The van der Waals surface area contributed by atoms with Crippen LogP contribution >= 0.6 is 22.9 Å². The Hall–Kier alpha value is -2.36. The quantitative estimate of drug-likeness (QED) is 0.667. The van der Waals surface area contributed by atoms with Crippen LogP contribution in [0.2, 0.25) is 0 Å². The van der Waals surface area contributed by atoms with E-state index in [1.54, 1.807) is 18.3 Å². The van der Waals surface area contributed by atoms with Crippen molar-refractivity contribution < 1.29 is 19.1 Å². The highest BCUT2D eigenvalue weighted by Gasteiger charge is 2.53. The van der Waals surface area contributed by atoms with Gasteiger partial charge in [0.2, 0.25) is 5.91 Å². The molecule has 2 amide bonds. The molecule has 0 unspecified atom stereocenters. The van der Waals surface area contributed by atoms with Crippen molar-refractivity contribution in [3.8, 4) is 10.6 Å². The molecule has 32 heavy (non-hydrogen) atoms. The lowest BCUT2D eigenvalue weighted by Crippen LogP contribution is -2.54. The van der Waals surface area contributed by atoms with E-state index in [9.17, 15) is 14.4 Å². The molecule has 3 aliphatic rings. The molecule has 0 aromatic carbocycles. The van der Waals surface area contributed by atoms with Gasteiger partial charge in [-0.1, -0.05) is 12.8 Å². The van der Waals surface area contributed by atoms with E-state index < -0.39 is 23.6 Å². The molecule has 2 saturated heterocycles. The Kier molecular flexibility index (Phi) is 5.96. The third-order valence-electron chi connectivity index (χ3n) is 6.48. The van der Waals surface area contributed by atoms with Crippen LogP contribution < -0.4 is 5.32 Å². The van der Waals surface area contributed by atoms with Crippen molar-refractivity contribution in [3.63, 3.8) is 0 Å². The average molecular weight is 475 g/mol. The number of carbonyl (C=O) groups is 3. The van der Waals surface area contributed by atoms with Gasteiger partial charge in [-0.3, -0.25) is 14.4 Å². The Labute approximate surface area is 194 Å². The van der Waals surface area contributed by atoms with Crippen LogP contribution in [0, 0.1) is 5.92 Å². The Bertz CT molecular complexity index is 1030. The first-order valence-corrected chi connectivity index (χ1v) is 12.1. The second kappa shape index (κ2) is 8.88. The number of amides is 2. The standard InChI is InChI=1S/C22H23ClN4O4S/c23-13-10-27(19-15(28)11-31-20(13)19)22(30)18(12-4-1-2-5-12)25-21(29)17-8-7-16(32-17)14-6-3-9-24-26-14/h3,6-9,12-13,18-20H,1-2,4-5,10-11H2,(H,25,29)/t13-,18-,19+,20+/m0/s1. The highest BCUT2D eigenvalue weighted by atomic mass is 35.5. The molecular formula is C22H23ClN4O4S. The molecule has 3 fully saturated rings. The molecule has 1 aliphatic carbocycles. The maximum Gasteiger partial charge on any atom is 0.262 e. The first-order chi connectivity index (χ1) is 15.5. The predicted molar refractivity (Wildman–Crippen MR) is 118 cm³/mol. The molecule has 1 saturated carbocycles. The topological polar surface area (TPSA) is 101 Å². The summed E-state index contributed by atoms with van der Waals surface area (Å²) in [6.07, 6.45) is 4.89. The third kappa shape index (κ3) is 3.93. The van der Waals surface area contributed by atoms with Crippen LogP contribution in [0.1, 0.15) is 35.4 Å². The van der Waals surface area contributed by atoms with Crippen LogP contribution in [0.5, 0.6) is 0 Å². The van der Waals surface area contributed by atoms with Gasteiger partial charge in [0.15, 0.2) is 5.78 Å². The normalized spacial score (nSPS) is 26.3. The van der Waals surface area contributed by atoms with Gasteiger partial charge in [0.25, 0.3) is 5.91 Å². The number of nitrogens with zero attached hydrogens (tertiary/aromatic N) is 3. The molecule has 4 heterocycles. The molecule has 0 spiro atoms. The van der Waals surface area contributed by atoms with Crippen LogP contribution in [0.4, 0.5) is 0 Å². The summed E-state index contributed by atoms with van der Waals surface area (Å²) in [6.45, 7) is 0.222. The molecule has 0 radical (unpaired) electrons. The first kappa shape index (κ1) is 21.5. The number of fused-ring (bicyclic) bond motifs is 1. The molecular weight excluding hydrogens is 452 g/mol. The lowest BCUT2D eigenvalue weighted by molar-refractivity contribution is -0.139. The van der Waals surface area contributed by atoms with Crippen molar-refractivity contribution in [2.24, 2.45) is 5.92 Å². The summed E-state index contributed by atoms with van der Waals surface area (Å²) in [7, 11) is 0. The van der Waals surface area contributed by atoms with E-state index in [1.807, 2.05) is 12.1 Å². The van der Waals surface area contributed by atoms with Crippen LogP contribution in [0.25, 0.3) is 10.6 Å². The van der Waals surface area contributed by atoms with E-state index in [4.69, 9.17) is 16.3 Å². The van der Waals surface area contributed by atoms with E-state index >= 15 is 0 Å². The number of aromatic nitrogens is 2. The summed E-state index contributed by atoms with van der Waals surface area (Å²) in [5.74, 6) is -0.637. The van der Waals surface area contributed by atoms with E-state index in [2.05, 4.69) is 15.5 Å². The number of likely N-dealkylation sites (tertiary alicyclic amines) is 1. The fourth-order valence-corrected chi connectivity index (χ4v) is 6.15. The predicted octanol–water partition coefficient (Wildman–Crippen LogP) is 2.28. The van der Waals surface area contributed by atoms with Crippen molar-refractivity contribution in [2.45, 2.75) is 49.2 Å². The molecule has 8 nitrogen and oxygen atoms in total. The summed E-state index contributed by atoms with van der Waals surface area (Å²) >= 11 is 7.68. The Morgan fingerprint density at radius 3 is 2.81 bits per heavy atom. The maximum atomic E-state index is 13.6. The fraction of sp³-hybridized carbons (Fsp3) is 0.500. The smallest absolute Gasteiger partial charge is 0.262 e. The molecule has 2 aromatic heterocycles. The third-order valence-corrected chi connectivity index (χ3v) is 7.98. The molecule has 0 bridgehead atoms. The Morgan fingerprint density at radius 2 is 2.06 bits per heavy atom. The zero-order chi connectivity index (χ0) is 22.2. The lowest BCUT2D eigenvalue weighted by Gasteiger charge is -2.30. The zero-order valence-electron chi connectivity index (χ0n) is 17.3. The monoisotopic (exact) mass is 474 g/mol. The first-order valence-electron chi connectivity index (χ1n) is 10.8. The molecule has 10 heteroatoms. The summed E-state index contributed by atoms with van der Waals surface area (Å²) < 4.78 is 5.51. The number of alkyl halides is 1. The molecule has 1 N–H and O–H groups in total. The Morgan fingerprint density at radius 1 is 1.25 bits per heavy atom. The number of Topliss-reactive ketones (excluding diaryl/α,β-unsaturated/α-hetero) is 1. The highest BCUT2D eigenvalue weighted by molar-refractivity contribution is 7.17. The minimum atomic E-state index is -0.692. The minimum absolute atomic E-state index is 0.0247. The van der Waals surface area contributed by atoms with Gasteiger partial charge >= 0.3 is 0 Å². The number of hydrogen-bond acceptors (Lipinski definition) is 7. The summed E-state index contributed by atoms with van der Waals surface area (Å²) in [5, 5.41) is 10.5. The van der Waals surface area contributed by atoms with Crippen molar-refractivity contribution in [1.29, 1.82) is 0 Å². The van der Waals surface area contributed by atoms with Crippen molar-refractivity contribution >= 4 is 40.5 Å². The van der Waals surface area contributed by atoms with Gasteiger partial charge in [-0.25, -0.2) is 0 Å². The number of hydrogen-bond donors (Lipinski definition) is 1. The van der Waals surface area contributed by atoms with Gasteiger partial charge in [-0.15, -0.1) is 28.0 Å². The maximum absolute atomic E-state index is 13.6. The van der Waals surface area contributed by atoms with Gasteiger partial charge in [-0.05, 0) is 43.0 Å². The number of nitrogens with one attached hydrogen (secondary N) is 1. The molecule has 4 atom stereocenters. The zero-order valence-corrected chi connectivity index (χ0v) is 18.8. The van der Waals surface area contributed by atoms with E-state index in [1.165, 1.54) is 16.2 Å². The number of thiophene rings is 1. The molecule has 168 valence electrons. The van der Waals surface area contributed by atoms with E-state index in [0.717, 1.165) is 30.6 Å². The second-order valence-electron chi connectivity index (χ2n) is 8.46. The van der Waals surface area contributed by atoms with Crippen molar-refractivity contribution in [1.82, 2.24) is 20.4 Å². The van der Waals surface area contributed by atoms with E-state index in [0.29, 0.717) is 10.6 Å².